The van der Waals surface area contributed by atoms with E-state index in [0.29, 0.717) is 12.3 Å². The molecular formula is C30H42FN3O4. The van der Waals surface area contributed by atoms with Gasteiger partial charge in [-0.25, -0.2) is 9.37 Å². The number of halogens is 1. The second-order valence-corrected chi connectivity index (χ2v) is 12.2. The minimum absolute atomic E-state index is 0.0267. The molecule has 2 aromatic rings. The highest BCUT2D eigenvalue weighted by Crippen LogP contribution is 2.48. The first-order valence-electron chi connectivity index (χ1n) is 13.6. The van der Waals surface area contributed by atoms with Crippen molar-refractivity contribution in [1.29, 1.82) is 0 Å². The third-order valence-corrected chi connectivity index (χ3v) is 7.66. The molecule has 208 valence electrons. The Kier molecular flexibility index (Phi) is 8.75. The maximum absolute atomic E-state index is 13.4. The predicted molar refractivity (Wildman–Crippen MR) is 144 cm³/mol. The Morgan fingerprint density at radius 2 is 1.97 bits per heavy atom. The lowest BCUT2D eigenvalue weighted by Crippen LogP contribution is -2.53. The van der Waals surface area contributed by atoms with Gasteiger partial charge in [-0.2, -0.15) is 0 Å². The number of nitrogens with zero attached hydrogens (tertiary/aromatic N) is 1. The van der Waals surface area contributed by atoms with Crippen LogP contribution < -0.4 is 15.4 Å². The molecule has 1 aromatic carbocycles. The summed E-state index contributed by atoms with van der Waals surface area (Å²) in [5.41, 5.74) is 2.92. The zero-order chi connectivity index (χ0) is 27.5. The fourth-order valence-electron chi connectivity index (χ4n) is 5.32. The van der Waals surface area contributed by atoms with Gasteiger partial charge in [0, 0.05) is 37.9 Å². The average molecular weight is 528 g/mol. The van der Waals surface area contributed by atoms with E-state index >= 15 is 0 Å². The van der Waals surface area contributed by atoms with Gasteiger partial charge < -0.3 is 25.2 Å². The third-order valence-electron chi connectivity index (χ3n) is 7.66. The molecule has 38 heavy (non-hydrogen) atoms. The van der Waals surface area contributed by atoms with Crippen LogP contribution in [0.5, 0.6) is 5.88 Å². The summed E-state index contributed by atoms with van der Waals surface area (Å²) in [4.78, 5) is 17.3. The van der Waals surface area contributed by atoms with Crippen molar-refractivity contribution in [1.82, 2.24) is 15.6 Å². The van der Waals surface area contributed by atoms with E-state index in [-0.39, 0.29) is 35.3 Å². The summed E-state index contributed by atoms with van der Waals surface area (Å²) < 4.78 is 25.0. The van der Waals surface area contributed by atoms with Crippen LogP contribution in [-0.2, 0) is 22.4 Å². The highest BCUT2D eigenvalue weighted by Gasteiger charge is 2.46. The van der Waals surface area contributed by atoms with Gasteiger partial charge in [0.05, 0.1) is 12.1 Å². The topological polar surface area (TPSA) is 92.7 Å². The van der Waals surface area contributed by atoms with Crippen molar-refractivity contribution in [3.8, 4) is 5.88 Å². The number of hydrogen-bond acceptors (Lipinski definition) is 6. The normalized spacial score (nSPS) is 20.6. The zero-order valence-electron chi connectivity index (χ0n) is 23.2. The van der Waals surface area contributed by atoms with E-state index in [0.717, 1.165) is 48.8 Å². The molecule has 1 saturated carbocycles. The lowest BCUT2D eigenvalue weighted by Gasteiger charge is -2.47. The summed E-state index contributed by atoms with van der Waals surface area (Å²) in [6, 6.07) is 7.69. The number of benzene rings is 1. The number of hydrogen-bond donors (Lipinski definition) is 3. The molecule has 1 amide bonds. The summed E-state index contributed by atoms with van der Waals surface area (Å²) in [7, 11) is 1.47. The fraction of sp³-hybridized carbons (Fsp3) is 0.600. The van der Waals surface area contributed by atoms with Gasteiger partial charge in [-0.05, 0) is 73.8 Å². The van der Waals surface area contributed by atoms with Gasteiger partial charge >= 0.3 is 0 Å². The number of carbonyl (C=O) groups is 1. The second-order valence-electron chi connectivity index (χ2n) is 12.2. The Bertz CT molecular complexity index is 1100. The molecule has 3 N–H and O–H groups in total. The Hall–Kier alpha value is -2.55. The van der Waals surface area contributed by atoms with E-state index in [4.69, 9.17) is 14.5 Å². The van der Waals surface area contributed by atoms with E-state index in [2.05, 4.69) is 37.5 Å². The first-order valence-corrected chi connectivity index (χ1v) is 13.6. The molecule has 7 nitrogen and oxygen atoms in total. The third kappa shape index (κ3) is 7.10. The molecule has 8 heteroatoms. The number of aliphatic hydroxyl groups excluding tert-OH is 1. The molecule has 2 heterocycles. The molecule has 0 bridgehead atoms. The largest absolute Gasteiger partial charge is 0.471 e. The van der Waals surface area contributed by atoms with E-state index in [9.17, 15) is 14.3 Å². The lowest BCUT2D eigenvalue weighted by atomic mass is 9.73. The smallest absolute Gasteiger partial charge is 0.249 e. The van der Waals surface area contributed by atoms with Crippen molar-refractivity contribution < 1.29 is 23.8 Å². The molecule has 1 spiro atoms. The van der Waals surface area contributed by atoms with Crippen LogP contribution in [0.1, 0.15) is 76.1 Å². The van der Waals surface area contributed by atoms with Crippen molar-refractivity contribution in [2.24, 2.45) is 5.41 Å². The van der Waals surface area contributed by atoms with Crippen LogP contribution in [0.15, 0.2) is 36.5 Å². The van der Waals surface area contributed by atoms with Gasteiger partial charge in [0.15, 0.2) is 0 Å². The van der Waals surface area contributed by atoms with Crippen molar-refractivity contribution >= 4 is 5.91 Å². The van der Waals surface area contributed by atoms with E-state index < -0.39 is 18.2 Å². The van der Waals surface area contributed by atoms with Gasteiger partial charge in [0.25, 0.3) is 0 Å². The molecule has 0 unspecified atom stereocenters. The minimum atomic E-state index is -0.887. The summed E-state index contributed by atoms with van der Waals surface area (Å²) in [6.45, 7) is 8.54. The van der Waals surface area contributed by atoms with Gasteiger partial charge in [-0.1, -0.05) is 32.9 Å². The minimum Gasteiger partial charge on any atom is -0.471 e. The Labute approximate surface area is 225 Å². The van der Waals surface area contributed by atoms with E-state index in [1.165, 1.54) is 19.2 Å². The number of amides is 1. The van der Waals surface area contributed by atoms with Gasteiger partial charge in [-0.3, -0.25) is 4.79 Å². The number of methoxy groups -OCH3 is 1. The van der Waals surface area contributed by atoms with Crippen molar-refractivity contribution in [3.05, 3.63) is 59.0 Å². The number of ether oxygens (including phenoxy) is 2. The number of rotatable bonds is 10. The first kappa shape index (κ1) is 28.5. The number of nitrogens with one attached hydrogen (secondary N) is 2. The van der Waals surface area contributed by atoms with Crippen LogP contribution in [0.3, 0.4) is 0 Å². The van der Waals surface area contributed by atoms with Gasteiger partial charge in [0.2, 0.25) is 11.8 Å². The van der Waals surface area contributed by atoms with Crippen LogP contribution in [0, 0.1) is 11.2 Å². The predicted octanol–water partition coefficient (Wildman–Crippen LogP) is 4.27. The second kappa shape index (κ2) is 11.7. The Morgan fingerprint density at radius 1 is 1.26 bits per heavy atom. The standard InChI is InChI=1S/C30H42FN3O4/c1-19(37-5)27(36)34-24(14-20-7-9-22(31)10-8-20)26(35)18-32-25-16-30(11-6-12-30)38-28-23(25)13-21(17-33-28)15-29(2,3)4/h7-10,13,17,19,24-26,32,35H,6,11-12,14-16,18H2,1-5H3,(H,34,36)/t19-,24+,25+,26-/m1/s1. The summed E-state index contributed by atoms with van der Waals surface area (Å²) in [5, 5.41) is 17.8. The molecule has 1 fully saturated rings. The highest BCUT2D eigenvalue weighted by molar-refractivity contribution is 5.80. The van der Waals surface area contributed by atoms with Crippen molar-refractivity contribution in [2.45, 2.75) is 96.1 Å². The quantitative estimate of drug-likeness (QED) is 0.428. The average Bonchev–Trinajstić information content (AvgIpc) is 2.85. The zero-order valence-corrected chi connectivity index (χ0v) is 23.2. The summed E-state index contributed by atoms with van der Waals surface area (Å²) in [6.07, 6.45) is 5.57. The van der Waals surface area contributed by atoms with Crippen LogP contribution in [0.2, 0.25) is 0 Å². The van der Waals surface area contributed by atoms with Crippen LogP contribution >= 0.6 is 0 Å². The molecule has 1 aromatic heterocycles. The fourth-order valence-corrected chi connectivity index (χ4v) is 5.32. The SMILES string of the molecule is CO[C@H](C)C(=O)N[C@@H](Cc1ccc(F)cc1)[C@H](O)CN[C@H]1CC2(CCC2)Oc2ncc(CC(C)(C)C)cc21. The Balaban J connectivity index is 1.51. The van der Waals surface area contributed by atoms with Crippen molar-refractivity contribution in [3.63, 3.8) is 0 Å². The Morgan fingerprint density at radius 3 is 2.58 bits per heavy atom. The van der Waals surface area contributed by atoms with E-state index in [1.54, 1.807) is 19.1 Å². The molecule has 0 saturated heterocycles. The molecule has 1 aliphatic heterocycles. The first-order chi connectivity index (χ1) is 18.0. The number of fused-ring (bicyclic) bond motifs is 1. The molecule has 2 aliphatic rings. The lowest BCUT2D eigenvalue weighted by molar-refractivity contribution is -0.131. The summed E-state index contributed by atoms with van der Waals surface area (Å²) in [5.74, 6) is 0.0392. The number of pyridine rings is 1. The van der Waals surface area contributed by atoms with E-state index in [1.807, 2.05) is 6.20 Å². The number of aliphatic hydroxyl groups is 1. The number of aromatic nitrogens is 1. The van der Waals surface area contributed by atoms with Crippen LogP contribution in [-0.4, -0.2) is 53.5 Å². The maximum atomic E-state index is 13.4. The molecule has 1 aliphatic carbocycles. The highest BCUT2D eigenvalue weighted by atomic mass is 19.1. The molecule has 0 radical (unpaired) electrons. The monoisotopic (exact) mass is 527 g/mol. The van der Waals surface area contributed by atoms with Gasteiger partial charge in [-0.15, -0.1) is 0 Å². The van der Waals surface area contributed by atoms with Crippen LogP contribution in [0.25, 0.3) is 0 Å². The van der Waals surface area contributed by atoms with Crippen LogP contribution in [0.4, 0.5) is 4.39 Å². The summed E-state index contributed by atoms with van der Waals surface area (Å²) >= 11 is 0. The van der Waals surface area contributed by atoms with Gasteiger partial charge in [0.1, 0.15) is 17.5 Å². The molecule has 4 atom stereocenters. The van der Waals surface area contributed by atoms with Crippen molar-refractivity contribution in [2.75, 3.05) is 13.7 Å². The maximum Gasteiger partial charge on any atom is 0.249 e. The number of carbonyl (C=O) groups excluding carboxylic acids is 1. The molecular weight excluding hydrogens is 485 g/mol. The molecule has 4 rings (SSSR count).